The first kappa shape index (κ1) is 15.5. The molecule has 0 radical (unpaired) electrons. The Morgan fingerprint density at radius 3 is 2.71 bits per heavy atom. The van der Waals surface area contributed by atoms with Gasteiger partial charge in [0.15, 0.2) is 5.82 Å². The summed E-state index contributed by atoms with van der Waals surface area (Å²) < 4.78 is 7.54. The van der Waals surface area contributed by atoms with Crippen molar-refractivity contribution in [1.82, 2.24) is 14.8 Å². The molecule has 0 aliphatic rings. The van der Waals surface area contributed by atoms with E-state index >= 15 is 0 Å². The van der Waals surface area contributed by atoms with Crippen LogP contribution < -0.4 is 10.2 Å². The van der Waals surface area contributed by atoms with E-state index in [1.165, 1.54) is 6.33 Å². The summed E-state index contributed by atoms with van der Waals surface area (Å²) in [7, 11) is -1.46. The van der Waals surface area contributed by atoms with Crippen molar-refractivity contribution in [3.8, 4) is 5.75 Å². The number of aryl methyl sites for hydroxylation is 1. The highest BCUT2D eigenvalue weighted by Gasteiger charge is 2.14. The summed E-state index contributed by atoms with van der Waals surface area (Å²) in [6.07, 6.45) is 1.53. The Bertz CT molecular complexity index is 599. The summed E-state index contributed by atoms with van der Waals surface area (Å²) in [6.45, 7) is 7.17. The van der Waals surface area contributed by atoms with Gasteiger partial charge in [-0.2, -0.15) is 5.10 Å². The molecule has 1 heterocycles. The van der Waals surface area contributed by atoms with E-state index in [-0.39, 0.29) is 0 Å². The second kappa shape index (κ2) is 6.73. The van der Waals surface area contributed by atoms with Crippen LogP contribution in [0.25, 0.3) is 0 Å². The largest absolute Gasteiger partial charge is 0.488 e. The first-order chi connectivity index (χ1) is 9.97. The smallest absolute Gasteiger partial charge is 0.486 e. The normalized spacial score (nSPS) is 11.0. The fourth-order valence-electron chi connectivity index (χ4n) is 2.07. The molecule has 0 amide bonds. The van der Waals surface area contributed by atoms with Gasteiger partial charge in [0, 0.05) is 6.54 Å². The molecule has 2 rings (SSSR count). The highest BCUT2D eigenvalue weighted by molar-refractivity contribution is 6.59. The van der Waals surface area contributed by atoms with Crippen molar-refractivity contribution >= 4 is 12.6 Å². The number of hydrogen-bond donors (Lipinski definition) is 2. The number of rotatable bonds is 6. The zero-order valence-corrected chi connectivity index (χ0v) is 12.5. The average Bonchev–Trinajstić information content (AvgIpc) is 2.82. The van der Waals surface area contributed by atoms with Gasteiger partial charge >= 0.3 is 7.12 Å². The summed E-state index contributed by atoms with van der Waals surface area (Å²) in [5.74, 6) is 1.92. The molecule has 0 unspecified atom stereocenters. The molecule has 1 aromatic heterocycles. The molecular weight excluding hydrogens is 269 g/mol. The van der Waals surface area contributed by atoms with Gasteiger partial charge in [0.05, 0.1) is 0 Å². The van der Waals surface area contributed by atoms with Crippen LogP contribution in [-0.4, -0.2) is 31.9 Å². The van der Waals surface area contributed by atoms with Gasteiger partial charge in [-0.3, -0.25) is 0 Å². The van der Waals surface area contributed by atoms with Gasteiger partial charge in [0.25, 0.3) is 0 Å². The lowest BCUT2D eigenvalue weighted by Gasteiger charge is -2.11. The zero-order valence-electron chi connectivity index (χ0n) is 12.5. The molecule has 0 saturated carbocycles. The standard InChI is InChI=1S/C14H20BN3O3/c1-10(2)7-18-14(16-9-17-18)8-21-12-4-5-13(15(19)20)11(3)6-12/h4-6,9-10,19-20H,7-8H2,1-3H3. The van der Waals surface area contributed by atoms with Crippen molar-refractivity contribution in [3.05, 3.63) is 35.9 Å². The van der Waals surface area contributed by atoms with Gasteiger partial charge in [-0.25, -0.2) is 9.67 Å². The SMILES string of the molecule is Cc1cc(OCc2ncnn2CC(C)C)ccc1B(O)O. The Hall–Kier alpha value is -1.86. The van der Waals surface area contributed by atoms with Crippen molar-refractivity contribution in [2.75, 3.05) is 0 Å². The zero-order chi connectivity index (χ0) is 15.4. The quantitative estimate of drug-likeness (QED) is 0.757. The molecule has 112 valence electrons. The molecule has 0 saturated heterocycles. The molecule has 6 nitrogen and oxygen atoms in total. The highest BCUT2D eigenvalue weighted by atomic mass is 16.5. The van der Waals surface area contributed by atoms with Crippen LogP contribution in [-0.2, 0) is 13.2 Å². The van der Waals surface area contributed by atoms with Gasteiger partial charge in [-0.05, 0) is 36.0 Å². The summed E-state index contributed by atoms with van der Waals surface area (Å²) in [6, 6.07) is 5.14. The Balaban J connectivity index is 2.03. The number of ether oxygens (including phenoxy) is 1. The third kappa shape index (κ3) is 4.06. The Kier molecular flexibility index (Phi) is 4.98. The maximum absolute atomic E-state index is 9.19. The molecule has 0 aliphatic heterocycles. The summed E-state index contributed by atoms with van der Waals surface area (Å²) in [4.78, 5) is 4.20. The van der Waals surface area contributed by atoms with Gasteiger partial charge in [-0.1, -0.05) is 19.9 Å². The molecule has 0 spiro atoms. The van der Waals surface area contributed by atoms with E-state index in [0.29, 0.717) is 23.7 Å². The van der Waals surface area contributed by atoms with Crippen molar-refractivity contribution < 1.29 is 14.8 Å². The first-order valence-corrected chi connectivity index (χ1v) is 6.93. The van der Waals surface area contributed by atoms with Crippen LogP contribution >= 0.6 is 0 Å². The topological polar surface area (TPSA) is 80.4 Å². The lowest BCUT2D eigenvalue weighted by molar-refractivity contribution is 0.282. The van der Waals surface area contributed by atoms with Crippen LogP contribution in [0.4, 0.5) is 0 Å². The summed E-state index contributed by atoms with van der Waals surface area (Å²) >= 11 is 0. The van der Waals surface area contributed by atoms with E-state index in [0.717, 1.165) is 17.9 Å². The molecule has 0 fully saturated rings. The number of hydrogen-bond acceptors (Lipinski definition) is 5. The van der Waals surface area contributed by atoms with Crippen molar-refractivity contribution in [2.24, 2.45) is 5.92 Å². The molecule has 1 aromatic carbocycles. The maximum atomic E-state index is 9.19. The van der Waals surface area contributed by atoms with Crippen molar-refractivity contribution in [2.45, 2.75) is 33.9 Å². The predicted octanol–water partition coefficient (Wildman–Crippen LogP) is 0.501. The lowest BCUT2D eigenvalue weighted by atomic mass is 9.77. The van der Waals surface area contributed by atoms with Crippen LogP contribution in [0.15, 0.2) is 24.5 Å². The third-order valence-electron chi connectivity index (χ3n) is 3.12. The maximum Gasteiger partial charge on any atom is 0.488 e. The van der Waals surface area contributed by atoms with Crippen molar-refractivity contribution in [1.29, 1.82) is 0 Å². The second-order valence-electron chi connectivity index (χ2n) is 5.43. The number of benzene rings is 1. The molecule has 0 aliphatic carbocycles. The number of nitrogens with zero attached hydrogens (tertiary/aromatic N) is 3. The first-order valence-electron chi connectivity index (χ1n) is 6.93. The van der Waals surface area contributed by atoms with Crippen LogP contribution in [0.2, 0.25) is 0 Å². The van der Waals surface area contributed by atoms with E-state index < -0.39 is 7.12 Å². The lowest BCUT2D eigenvalue weighted by Crippen LogP contribution is -2.31. The van der Waals surface area contributed by atoms with E-state index in [1.807, 2.05) is 11.6 Å². The molecular formula is C14H20BN3O3. The predicted molar refractivity (Wildman–Crippen MR) is 80.2 cm³/mol. The monoisotopic (exact) mass is 289 g/mol. The average molecular weight is 289 g/mol. The van der Waals surface area contributed by atoms with Gasteiger partial charge in [0.2, 0.25) is 0 Å². The molecule has 7 heteroatoms. The fourth-order valence-corrected chi connectivity index (χ4v) is 2.07. The fraction of sp³-hybridized carbons (Fsp3) is 0.429. The van der Waals surface area contributed by atoms with Crippen LogP contribution in [0, 0.1) is 12.8 Å². The van der Waals surface area contributed by atoms with Crippen LogP contribution in [0.1, 0.15) is 25.2 Å². The Labute approximate surface area is 124 Å². The number of aromatic nitrogens is 3. The Morgan fingerprint density at radius 2 is 2.10 bits per heavy atom. The van der Waals surface area contributed by atoms with E-state index in [2.05, 4.69) is 23.9 Å². The third-order valence-corrected chi connectivity index (χ3v) is 3.12. The molecule has 0 bridgehead atoms. The van der Waals surface area contributed by atoms with Crippen LogP contribution in [0.5, 0.6) is 5.75 Å². The minimum absolute atomic E-state index is 0.327. The van der Waals surface area contributed by atoms with Crippen LogP contribution in [0.3, 0.4) is 0 Å². The van der Waals surface area contributed by atoms with Gasteiger partial charge in [0.1, 0.15) is 18.7 Å². The van der Waals surface area contributed by atoms with E-state index in [9.17, 15) is 10.0 Å². The summed E-state index contributed by atoms with van der Waals surface area (Å²) in [5.41, 5.74) is 1.25. The minimum Gasteiger partial charge on any atom is -0.486 e. The molecule has 2 aromatic rings. The van der Waals surface area contributed by atoms with E-state index in [4.69, 9.17) is 4.74 Å². The van der Waals surface area contributed by atoms with Crippen molar-refractivity contribution in [3.63, 3.8) is 0 Å². The van der Waals surface area contributed by atoms with Gasteiger partial charge < -0.3 is 14.8 Å². The second-order valence-corrected chi connectivity index (χ2v) is 5.43. The highest BCUT2D eigenvalue weighted by Crippen LogP contribution is 2.13. The van der Waals surface area contributed by atoms with Gasteiger partial charge in [-0.15, -0.1) is 0 Å². The Morgan fingerprint density at radius 1 is 1.33 bits per heavy atom. The minimum atomic E-state index is -1.46. The molecule has 2 N–H and O–H groups in total. The summed E-state index contributed by atoms with van der Waals surface area (Å²) in [5, 5.41) is 22.6. The molecule has 0 atom stereocenters. The molecule has 21 heavy (non-hydrogen) atoms. The van der Waals surface area contributed by atoms with E-state index in [1.54, 1.807) is 18.2 Å².